The van der Waals surface area contributed by atoms with Crippen LogP contribution in [-0.4, -0.2) is 14.5 Å². The highest BCUT2D eigenvalue weighted by atomic mass is 16.5. The molecule has 0 unspecified atom stereocenters. The van der Waals surface area contributed by atoms with E-state index in [1.165, 1.54) is 24.8 Å². The Kier molecular flexibility index (Phi) is 5.53. The Labute approximate surface area is 194 Å². The number of benzene rings is 1. The molecule has 5 aromatic rings. The van der Waals surface area contributed by atoms with Gasteiger partial charge in [0.15, 0.2) is 30.4 Å². The SMILES string of the molecule is O=c1c(Cc2ccc[n+]([O-])c2)nc2cccnc2n1-c1cccc(C=Cc2cc[n+]([O-])cc2)c1. The highest BCUT2D eigenvalue weighted by molar-refractivity contribution is 5.74. The molecule has 34 heavy (non-hydrogen) atoms. The first kappa shape index (κ1) is 21.0. The summed E-state index contributed by atoms with van der Waals surface area (Å²) in [6.45, 7) is 0. The molecular formula is C26H19N5O3. The first-order chi connectivity index (χ1) is 16.6. The summed E-state index contributed by atoms with van der Waals surface area (Å²) in [5.41, 5.74) is 4.16. The van der Waals surface area contributed by atoms with Crippen molar-refractivity contribution in [2.45, 2.75) is 6.42 Å². The van der Waals surface area contributed by atoms with Crippen molar-refractivity contribution < 1.29 is 9.46 Å². The van der Waals surface area contributed by atoms with Gasteiger partial charge in [0.05, 0.1) is 5.69 Å². The quantitative estimate of drug-likeness (QED) is 0.303. The summed E-state index contributed by atoms with van der Waals surface area (Å²) < 4.78 is 2.98. The van der Waals surface area contributed by atoms with Crippen molar-refractivity contribution in [3.8, 4) is 5.69 Å². The fraction of sp³-hybridized carbons (Fsp3) is 0.0385. The standard InChI is InChI=1S/C26H19N5O3/c32-26-24(17-21-5-3-13-30(34)18-21)28-23-7-2-12-27-25(23)31(26)22-6-1-4-20(16-22)9-8-19-10-14-29(33)15-11-19/h1-16,18H,17H2. The Morgan fingerprint density at radius 3 is 2.53 bits per heavy atom. The molecule has 0 radical (unpaired) electrons. The summed E-state index contributed by atoms with van der Waals surface area (Å²) in [7, 11) is 0. The average Bonchev–Trinajstić information content (AvgIpc) is 2.84. The van der Waals surface area contributed by atoms with Crippen molar-refractivity contribution in [3.05, 3.63) is 135 Å². The summed E-state index contributed by atoms with van der Waals surface area (Å²) in [5.74, 6) is 0. The summed E-state index contributed by atoms with van der Waals surface area (Å²) >= 11 is 0. The Hall–Kier alpha value is -4.85. The topological polar surface area (TPSA) is 102 Å². The van der Waals surface area contributed by atoms with Gasteiger partial charge >= 0.3 is 0 Å². The average molecular weight is 449 g/mol. The lowest BCUT2D eigenvalue weighted by atomic mass is 10.1. The number of pyridine rings is 3. The zero-order valence-electron chi connectivity index (χ0n) is 18.0. The smallest absolute Gasteiger partial charge is 0.278 e. The highest BCUT2D eigenvalue weighted by Gasteiger charge is 2.15. The Balaban J connectivity index is 1.59. The van der Waals surface area contributed by atoms with Crippen LogP contribution in [0.25, 0.3) is 29.0 Å². The minimum atomic E-state index is -0.295. The molecule has 0 bridgehead atoms. The van der Waals surface area contributed by atoms with Gasteiger partial charge in [-0.15, -0.1) is 0 Å². The van der Waals surface area contributed by atoms with Crippen LogP contribution in [0.5, 0.6) is 0 Å². The van der Waals surface area contributed by atoms with E-state index in [1.54, 1.807) is 41.1 Å². The normalized spacial score (nSPS) is 11.3. The van der Waals surface area contributed by atoms with Gasteiger partial charge in [-0.25, -0.2) is 9.97 Å². The summed E-state index contributed by atoms with van der Waals surface area (Å²) in [6, 6.07) is 18.0. The van der Waals surface area contributed by atoms with Gasteiger partial charge in [0.2, 0.25) is 0 Å². The molecule has 166 valence electrons. The molecule has 4 heterocycles. The molecule has 0 aliphatic heterocycles. The molecule has 0 amide bonds. The van der Waals surface area contributed by atoms with Gasteiger partial charge in [-0.2, -0.15) is 9.46 Å². The largest absolute Gasteiger partial charge is 0.619 e. The number of rotatable bonds is 5. The molecule has 0 fully saturated rings. The van der Waals surface area contributed by atoms with Crippen molar-refractivity contribution in [2.24, 2.45) is 0 Å². The van der Waals surface area contributed by atoms with Crippen molar-refractivity contribution in [2.75, 3.05) is 0 Å². The van der Waals surface area contributed by atoms with E-state index < -0.39 is 0 Å². The molecule has 0 aliphatic rings. The molecule has 5 rings (SSSR count). The number of hydrogen-bond acceptors (Lipinski definition) is 5. The van der Waals surface area contributed by atoms with Crippen LogP contribution in [0, 0.1) is 10.4 Å². The predicted octanol–water partition coefficient (Wildman–Crippen LogP) is 2.81. The molecule has 0 aliphatic carbocycles. The second-order valence-electron chi connectivity index (χ2n) is 7.71. The first-order valence-corrected chi connectivity index (χ1v) is 10.6. The van der Waals surface area contributed by atoms with E-state index >= 15 is 0 Å². The summed E-state index contributed by atoms with van der Waals surface area (Å²) in [6.07, 6.45) is 11.4. The number of hydrogen-bond donors (Lipinski definition) is 0. The van der Waals surface area contributed by atoms with E-state index in [0.717, 1.165) is 15.9 Å². The maximum Gasteiger partial charge on any atom is 0.278 e. The minimum absolute atomic E-state index is 0.222. The minimum Gasteiger partial charge on any atom is -0.619 e. The molecule has 0 saturated heterocycles. The lowest BCUT2D eigenvalue weighted by Gasteiger charge is -2.12. The van der Waals surface area contributed by atoms with Crippen molar-refractivity contribution in [1.82, 2.24) is 14.5 Å². The van der Waals surface area contributed by atoms with E-state index in [9.17, 15) is 15.2 Å². The molecule has 4 aromatic heterocycles. The van der Waals surface area contributed by atoms with Gasteiger partial charge in [0.25, 0.3) is 5.56 Å². The van der Waals surface area contributed by atoms with Crippen molar-refractivity contribution in [3.63, 3.8) is 0 Å². The third-order valence-corrected chi connectivity index (χ3v) is 5.32. The molecule has 0 N–H and O–H groups in total. The fourth-order valence-electron chi connectivity index (χ4n) is 3.72. The monoisotopic (exact) mass is 449 g/mol. The van der Waals surface area contributed by atoms with Gasteiger partial charge in [-0.05, 0) is 41.5 Å². The van der Waals surface area contributed by atoms with Crippen LogP contribution in [0.2, 0.25) is 0 Å². The van der Waals surface area contributed by atoms with Gasteiger partial charge in [-0.3, -0.25) is 9.36 Å². The summed E-state index contributed by atoms with van der Waals surface area (Å²) in [4.78, 5) is 22.5. The van der Waals surface area contributed by atoms with E-state index in [2.05, 4.69) is 9.97 Å². The lowest BCUT2D eigenvalue weighted by Crippen LogP contribution is -2.27. The van der Waals surface area contributed by atoms with Gasteiger partial charge in [0.1, 0.15) is 11.2 Å². The van der Waals surface area contributed by atoms with Gasteiger partial charge in [0, 0.05) is 36.4 Å². The summed E-state index contributed by atoms with van der Waals surface area (Å²) in [5, 5.41) is 22.9. The zero-order valence-corrected chi connectivity index (χ0v) is 18.0. The predicted molar refractivity (Wildman–Crippen MR) is 128 cm³/mol. The van der Waals surface area contributed by atoms with Crippen molar-refractivity contribution in [1.29, 1.82) is 0 Å². The van der Waals surface area contributed by atoms with Crippen LogP contribution >= 0.6 is 0 Å². The van der Waals surface area contributed by atoms with E-state index in [-0.39, 0.29) is 12.0 Å². The van der Waals surface area contributed by atoms with Crippen LogP contribution < -0.4 is 15.0 Å². The van der Waals surface area contributed by atoms with E-state index in [1.807, 2.05) is 42.5 Å². The van der Waals surface area contributed by atoms with Crippen LogP contribution in [0.3, 0.4) is 0 Å². The molecular weight excluding hydrogens is 430 g/mol. The number of fused-ring (bicyclic) bond motifs is 1. The van der Waals surface area contributed by atoms with Gasteiger partial charge < -0.3 is 10.4 Å². The molecule has 8 heteroatoms. The Bertz CT molecular complexity index is 1580. The Morgan fingerprint density at radius 1 is 0.882 bits per heavy atom. The van der Waals surface area contributed by atoms with E-state index in [4.69, 9.17) is 0 Å². The Morgan fingerprint density at radius 2 is 1.71 bits per heavy atom. The maximum atomic E-state index is 13.5. The fourth-order valence-corrected chi connectivity index (χ4v) is 3.72. The lowest BCUT2D eigenvalue weighted by molar-refractivity contribution is -0.605. The molecule has 0 saturated carbocycles. The number of nitrogens with zero attached hydrogens (tertiary/aromatic N) is 5. The second-order valence-corrected chi connectivity index (χ2v) is 7.71. The van der Waals surface area contributed by atoms with Crippen LogP contribution in [-0.2, 0) is 6.42 Å². The zero-order chi connectivity index (χ0) is 23.5. The highest BCUT2D eigenvalue weighted by Crippen LogP contribution is 2.17. The number of aromatic nitrogens is 5. The molecule has 8 nitrogen and oxygen atoms in total. The third kappa shape index (κ3) is 4.37. The second kappa shape index (κ2) is 8.95. The molecule has 0 atom stereocenters. The van der Waals surface area contributed by atoms with Crippen molar-refractivity contribution >= 4 is 23.3 Å². The first-order valence-electron chi connectivity index (χ1n) is 10.6. The van der Waals surface area contributed by atoms with Crippen LogP contribution in [0.1, 0.15) is 22.4 Å². The third-order valence-electron chi connectivity index (χ3n) is 5.32. The van der Waals surface area contributed by atoms with Crippen LogP contribution in [0.15, 0.2) is 96.4 Å². The van der Waals surface area contributed by atoms with E-state index in [0.29, 0.717) is 32.8 Å². The maximum absolute atomic E-state index is 13.5. The molecule has 0 spiro atoms. The molecule has 1 aromatic carbocycles. The van der Waals surface area contributed by atoms with Gasteiger partial charge in [-0.1, -0.05) is 24.3 Å². The van der Waals surface area contributed by atoms with Crippen LogP contribution in [0.4, 0.5) is 0 Å².